The number of amides is 2. The van der Waals surface area contributed by atoms with Crippen molar-refractivity contribution in [3.63, 3.8) is 0 Å². The van der Waals surface area contributed by atoms with Crippen LogP contribution in [-0.4, -0.2) is 50.4 Å². The van der Waals surface area contributed by atoms with E-state index in [1.54, 1.807) is 31.4 Å². The van der Waals surface area contributed by atoms with Crippen molar-refractivity contribution < 1.29 is 23.9 Å². The Hall–Kier alpha value is -2.84. The van der Waals surface area contributed by atoms with Crippen LogP contribution < -0.4 is 10.6 Å². The molecule has 8 heteroatoms. The smallest absolute Gasteiger partial charge is 0.339 e. The fourth-order valence-corrected chi connectivity index (χ4v) is 4.11. The number of esters is 1. The van der Waals surface area contributed by atoms with E-state index in [1.807, 2.05) is 30.3 Å². The van der Waals surface area contributed by atoms with Gasteiger partial charge in [-0.3, -0.25) is 9.59 Å². The monoisotopic (exact) mass is 456 g/mol. The van der Waals surface area contributed by atoms with Gasteiger partial charge in [-0.05, 0) is 36.5 Å². The number of methoxy groups -OCH3 is 1. The van der Waals surface area contributed by atoms with Gasteiger partial charge < -0.3 is 20.1 Å². The maximum Gasteiger partial charge on any atom is 0.339 e. The number of ether oxygens (including phenoxy) is 2. The molecule has 0 aromatic heterocycles. The summed E-state index contributed by atoms with van der Waals surface area (Å²) in [5.41, 5.74) is 1.39. The molecule has 2 N–H and O–H groups in total. The van der Waals surface area contributed by atoms with E-state index >= 15 is 0 Å². The van der Waals surface area contributed by atoms with Gasteiger partial charge in [0.1, 0.15) is 0 Å². The molecule has 1 atom stereocenters. The van der Waals surface area contributed by atoms with E-state index in [-0.39, 0.29) is 30.2 Å². The van der Waals surface area contributed by atoms with Gasteiger partial charge in [-0.2, -0.15) is 0 Å². The summed E-state index contributed by atoms with van der Waals surface area (Å²) in [6.45, 7) is 0.512. The fourth-order valence-electron chi connectivity index (χ4n) is 3.24. The average Bonchev–Trinajstić information content (AvgIpc) is 3.66. The highest BCUT2D eigenvalue weighted by Crippen LogP contribution is 2.40. The molecule has 2 aromatic carbocycles. The van der Waals surface area contributed by atoms with Crippen molar-refractivity contribution in [2.75, 3.05) is 32.6 Å². The summed E-state index contributed by atoms with van der Waals surface area (Å²) < 4.78 is 10.2. The predicted molar refractivity (Wildman–Crippen MR) is 122 cm³/mol. The first-order valence-electron chi connectivity index (χ1n) is 10.6. The van der Waals surface area contributed by atoms with Crippen LogP contribution in [0, 0.1) is 5.92 Å². The number of rotatable bonds is 12. The average molecular weight is 457 g/mol. The van der Waals surface area contributed by atoms with Gasteiger partial charge in [0.25, 0.3) is 5.91 Å². The summed E-state index contributed by atoms with van der Waals surface area (Å²) in [7, 11) is 1.57. The molecule has 1 aliphatic carbocycles. The Bertz CT molecular complexity index is 918. The molecule has 32 heavy (non-hydrogen) atoms. The Morgan fingerprint density at radius 3 is 2.47 bits per heavy atom. The zero-order valence-electron chi connectivity index (χ0n) is 18.0. The second-order valence-electron chi connectivity index (χ2n) is 7.50. The summed E-state index contributed by atoms with van der Waals surface area (Å²) in [6, 6.07) is 16.6. The van der Waals surface area contributed by atoms with Crippen molar-refractivity contribution in [1.29, 1.82) is 0 Å². The highest BCUT2D eigenvalue weighted by Gasteiger charge is 2.33. The Labute approximate surface area is 192 Å². The Kier molecular flexibility index (Phi) is 9.13. The molecule has 7 nitrogen and oxygen atoms in total. The number of carbonyl (C=O) groups is 3. The van der Waals surface area contributed by atoms with Gasteiger partial charge in [-0.15, -0.1) is 11.8 Å². The Morgan fingerprint density at radius 2 is 1.75 bits per heavy atom. The second-order valence-corrected chi connectivity index (χ2v) is 8.51. The molecule has 0 saturated heterocycles. The third-order valence-electron chi connectivity index (χ3n) is 5.00. The van der Waals surface area contributed by atoms with Crippen LogP contribution in [0.5, 0.6) is 0 Å². The van der Waals surface area contributed by atoms with Crippen LogP contribution >= 0.6 is 11.8 Å². The van der Waals surface area contributed by atoms with E-state index in [4.69, 9.17) is 9.47 Å². The van der Waals surface area contributed by atoms with Crippen LogP contribution in [0.25, 0.3) is 0 Å². The highest BCUT2D eigenvalue weighted by molar-refractivity contribution is 8.00. The van der Waals surface area contributed by atoms with Gasteiger partial charge >= 0.3 is 5.97 Å². The van der Waals surface area contributed by atoms with Gasteiger partial charge in [0.15, 0.2) is 6.61 Å². The fraction of sp³-hybridized carbons (Fsp3) is 0.375. The minimum Gasteiger partial charge on any atom is -0.452 e. The van der Waals surface area contributed by atoms with Gasteiger partial charge in [-0.1, -0.05) is 42.5 Å². The lowest BCUT2D eigenvalue weighted by Crippen LogP contribution is -2.33. The molecule has 3 rings (SSSR count). The molecule has 2 amide bonds. The van der Waals surface area contributed by atoms with Crippen LogP contribution in [0.1, 0.15) is 34.8 Å². The zero-order chi connectivity index (χ0) is 22.8. The van der Waals surface area contributed by atoms with Gasteiger partial charge in [-0.25, -0.2) is 4.79 Å². The molecule has 0 radical (unpaired) electrons. The van der Waals surface area contributed by atoms with E-state index < -0.39 is 5.97 Å². The quantitative estimate of drug-likeness (QED) is 0.290. The normalized spacial score (nSPS) is 13.8. The van der Waals surface area contributed by atoms with E-state index in [0.717, 1.165) is 18.4 Å². The first-order chi connectivity index (χ1) is 15.6. The Morgan fingerprint density at radius 1 is 1.03 bits per heavy atom. The molecule has 0 spiro atoms. The van der Waals surface area contributed by atoms with Crippen molar-refractivity contribution in [1.82, 2.24) is 10.6 Å². The number of hydrogen-bond donors (Lipinski definition) is 2. The van der Waals surface area contributed by atoms with Gasteiger partial charge in [0.2, 0.25) is 5.91 Å². The van der Waals surface area contributed by atoms with Crippen LogP contribution in [0.4, 0.5) is 0 Å². The summed E-state index contributed by atoms with van der Waals surface area (Å²) in [5, 5.41) is 5.73. The molecule has 2 aromatic rings. The molecule has 170 valence electrons. The van der Waals surface area contributed by atoms with E-state index in [2.05, 4.69) is 10.6 Å². The number of thioether (sulfide) groups is 1. The SMILES string of the molecule is COCCNC(=O)CSc1ccccc1C(=O)OCC(=O)NC(c1ccccc1)C1CC1. The molecule has 0 bridgehead atoms. The van der Waals surface area contributed by atoms with Gasteiger partial charge in [0, 0.05) is 18.6 Å². The molecular formula is C24H28N2O5S. The summed E-state index contributed by atoms with van der Waals surface area (Å²) >= 11 is 1.24. The Balaban J connectivity index is 1.51. The van der Waals surface area contributed by atoms with Crippen molar-refractivity contribution in [2.24, 2.45) is 5.92 Å². The highest BCUT2D eigenvalue weighted by atomic mass is 32.2. The second kappa shape index (κ2) is 12.3. The van der Waals surface area contributed by atoms with Crippen molar-refractivity contribution >= 4 is 29.5 Å². The van der Waals surface area contributed by atoms with Crippen molar-refractivity contribution in [3.05, 3.63) is 65.7 Å². The van der Waals surface area contributed by atoms with Crippen molar-refractivity contribution in [2.45, 2.75) is 23.8 Å². The van der Waals surface area contributed by atoms with Crippen LogP contribution in [0.2, 0.25) is 0 Å². The number of nitrogens with one attached hydrogen (secondary N) is 2. The molecule has 1 fully saturated rings. The molecule has 1 saturated carbocycles. The molecule has 1 unspecified atom stereocenters. The molecule has 0 aliphatic heterocycles. The third-order valence-corrected chi connectivity index (χ3v) is 6.07. The summed E-state index contributed by atoms with van der Waals surface area (Å²) in [4.78, 5) is 37.6. The maximum absolute atomic E-state index is 12.6. The van der Waals surface area contributed by atoms with E-state index in [0.29, 0.717) is 29.5 Å². The topological polar surface area (TPSA) is 93.7 Å². The molecule has 0 heterocycles. The van der Waals surface area contributed by atoms with Crippen LogP contribution in [0.15, 0.2) is 59.5 Å². The third kappa shape index (κ3) is 7.39. The van der Waals surface area contributed by atoms with E-state index in [1.165, 1.54) is 11.8 Å². The van der Waals surface area contributed by atoms with Gasteiger partial charge in [0.05, 0.1) is 24.0 Å². The van der Waals surface area contributed by atoms with Crippen LogP contribution in [0.3, 0.4) is 0 Å². The number of benzene rings is 2. The number of carbonyl (C=O) groups excluding carboxylic acids is 3. The lowest BCUT2D eigenvalue weighted by atomic mass is 10.0. The first-order valence-corrected chi connectivity index (χ1v) is 11.6. The lowest BCUT2D eigenvalue weighted by Gasteiger charge is -2.19. The largest absolute Gasteiger partial charge is 0.452 e. The maximum atomic E-state index is 12.6. The predicted octanol–water partition coefficient (Wildman–Crippen LogP) is 2.97. The number of hydrogen-bond acceptors (Lipinski definition) is 6. The standard InChI is InChI=1S/C24H28N2O5S/c1-30-14-13-25-22(28)16-32-20-10-6-5-9-19(20)24(29)31-15-21(27)26-23(18-11-12-18)17-7-3-2-4-8-17/h2-10,18,23H,11-16H2,1H3,(H,25,28)(H,26,27). The zero-order valence-corrected chi connectivity index (χ0v) is 18.9. The first kappa shape index (κ1) is 23.8. The van der Waals surface area contributed by atoms with E-state index in [9.17, 15) is 14.4 Å². The summed E-state index contributed by atoms with van der Waals surface area (Å²) in [6.07, 6.45) is 2.15. The summed E-state index contributed by atoms with van der Waals surface area (Å²) in [5.74, 6) is -0.493. The lowest BCUT2D eigenvalue weighted by molar-refractivity contribution is -0.125. The minimum atomic E-state index is -0.592. The van der Waals surface area contributed by atoms with Crippen molar-refractivity contribution in [3.8, 4) is 0 Å². The molecular weight excluding hydrogens is 428 g/mol. The molecule has 1 aliphatic rings. The van der Waals surface area contributed by atoms with Crippen LogP contribution in [-0.2, 0) is 19.1 Å². The minimum absolute atomic E-state index is 0.0677.